The highest BCUT2D eigenvalue weighted by molar-refractivity contribution is 5.97. The number of carbonyl (C=O) groups excluding carboxylic acids is 3. The second-order valence-corrected chi connectivity index (χ2v) is 5.96. The number of nitrogens with one attached hydrogen (secondary N) is 2. The molecule has 6 nitrogen and oxygen atoms in total. The number of amides is 2. The Bertz CT molecular complexity index is 800. The van der Waals surface area contributed by atoms with Crippen LogP contribution in [-0.4, -0.2) is 23.9 Å². The van der Waals surface area contributed by atoms with Crippen LogP contribution in [0.4, 0.5) is 5.69 Å². The van der Waals surface area contributed by atoms with Crippen molar-refractivity contribution >= 4 is 23.5 Å². The molecule has 2 rings (SSSR count). The first-order valence-corrected chi connectivity index (χ1v) is 8.27. The number of ether oxygens (including phenoxy) is 1. The Balaban J connectivity index is 1.92. The summed E-state index contributed by atoms with van der Waals surface area (Å²) in [6.45, 7) is 5.24. The maximum atomic E-state index is 12.2. The molecule has 1 atom stereocenters. The first-order valence-electron chi connectivity index (χ1n) is 8.27. The van der Waals surface area contributed by atoms with Crippen LogP contribution in [0.1, 0.15) is 35.3 Å². The molecule has 6 heteroatoms. The van der Waals surface area contributed by atoms with Gasteiger partial charge in [0.2, 0.25) is 5.91 Å². The number of carbonyl (C=O) groups is 3. The fourth-order valence-corrected chi connectivity index (χ4v) is 2.21. The smallest absolute Gasteiger partial charge is 0.338 e. The van der Waals surface area contributed by atoms with Crippen molar-refractivity contribution in [1.82, 2.24) is 5.32 Å². The van der Waals surface area contributed by atoms with Gasteiger partial charge in [0.1, 0.15) is 0 Å². The first kappa shape index (κ1) is 19.2. The molecule has 0 spiro atoms. The number of rotatable bonds is 6. The summed E-state index contributed by atoms with van der Waals surface area (Å²) in [5.41, 5.74) is 2.81. The van der Waals surface area contributed by atoms with Crippen molar-refractivity contribution in [2.45, 2.75) is 33.4 Å². The quantitative estimate of drug-likeness (QED) is 0.781. The molecule has 2 aromatic rings. The molecule has 0 bridgehead atoms. The molecule has 2 amide bonds. The van der Waals surface area contributed by atoms with Gasteiger partial charge in [0.05, 0.1) is 5.56 Å². The molecule has 0 aromatic heterocycles. The molecule has 0 aliphatic carbocycles. The Morgan fingerprint density at radius 2 is 1.69 bits per heavy atom. The van der Waals surface area contributed by atoms with Crippen LogP contribution in [-0.2, 0) is 20.9 Å². The molecule has 2 N–H and O–H groups in total. The molecule has 0 aliphatic rings. The van der Waals surface area contributed by atoms with E-state index in [0.29, 0.717) is 17.8 Å². The van der Waals surface area contributed by atoms with Gasteiger partial charge in [-0.1, -0.05) is 30.3 Å². The highest BCUT2D eigenvalue weighted by Crippen LogP contribution is 2.14. The van der Waals surface area contributed by atoms with E-state index >= 15 is 0 Å². The van der Waals surface area contributed by atoms with Crippen LogP contribution in [0.25, 0.3) is 0 Å². The van der Waals surface area contributed by atoms with Gasteiger partial charge in [-0.2, -0.15) is 0 Å². The zero-order chi connectivity index (χ0) is 19.1. The molecule has 0 heterocycles. The summed E-state index contributed by atoms with van der Waals surface area (Å²) in [5, 5.41) is 5.42. The number of anilines is 1. The summed E-state index contributed by atoms with van der Waals surface area (Å²) in [7, 11) is 0. The number of para-hydroxylation sites is 1. The van der Waals surface area contributed by atoms with Crippen molar-refractivity contribution in [2.75, 3.05) is 5.32 Å². The Labute approximate surface area is 152 Å². The molecule has 0 radical (unpaired) electrons. The number of hydrogen-bond acceptors (Lipinski definition) is 4. The van der Waals surface area contributed by atoms with Gasteiger partial charge < -0.3 is 15.4 Å². The SMILES string of the molecule is CC(=O)NCc1ccc(C(=O)OC(C)C(=O)Nc2ccccc2C)cc1. The number of aryl methyl sites for hydroxylation is 1. The lowest BCUT2D eigenvalue weighted by Gasteiger charge is -2.15. The summed E-state index contributed by atoms with van der Waals surface area (Å²) < 4.78 is 5.23. The molecule has 0 aliphatic heterocycles. The molecule has 26 heavy (non-hydrogen) atoms. The molecule has 1 unspecified atom stereocenters. The van der Waals surface area contributed by atoms with Crippen molar-refractivity contribution in [3.8, 4) is 0 Å². The Morgan fingerprint density at radius 1 is 1.04 bits per heavy atom. The lowest BCUT2D eigenvalue weighted by Crippen LogP contribution is -2.30. The molecular formula is C20H22N2O4. The van der Waals surface area contributed by atoms with Gasteiger partial charge in [-0.25, -0.2) is 4.79 Å². The number of hydrogen-bond donors (Lipinski definition) is 2. The van der Waals surface area contributed by atoms with Crippen molar-refractivity contribution in [3.05, 3.63) is 65.2 Å². The first-order chi connectivity index (χ1) is 12.4. The van der Waals surface area contributed by atoms with Gasteiger partial charge in [0.15, 0.2) is 6.10 Å². The lowest BCUT2D eigenvalue weighted by atomic mass is 10.1. The largest absolute Gasteiger partial charge is 0.449 e. The third-order valence-electron chi connectivity index (χ3n) is 3.79. The van der Waals surface area contributed by atoms with Gasteiger partial charge >= 0.3 is 5.97 Å². The van der Waals surface area contributed by atoms with E-state index in [9.17, 15) is 14.4 Å². The molecule has 0 fully saturated rings. The summed E-state index contributed by atoms with van der Waals surface area (Å²) in [6, 6.07) is 14.0. The minimum Gasteiger partial charge on any atom is -0.449 e. The second kappa shape index (κ2) is 8.80. The predicted octanol–water partition coefficient (Wildman–Crippen LogP) is 2.82. The predicted molar refractivity (Wildman–Crippen MR) is 98.6 cm³/mol. The summed E-state index contributed by atoms with van der Waals surface area (Å²) in [4.78, 5) is 35.3. The van der Waals surface area contributed by atoms with Gasteiger partial charge in [0, 0.05) is 19.2 Å². The van der Waals surface area contributed by atoms with Crippen LogP contribution < -0.4 is 10.6 Å². The molecule has 2 aromatic carbocycles. The van der Waals surface area contributed by atoms with E-state index < -0.39 is 18.0 Å². The maximum absolute atomic E-state index is 12.2. The third kappa shape index (κ3) is 5.44. The highest BCUT2D eigenvalue weighted by Gasteiger charge is 2.19. The van der Waals surface area contributed by atoms with Gasteiger partial charge in [-0.15, -0.1) is 0 Å². The number of esters is 1. The van der Waals surface area contributed by atoms with Crippen LogP contribution in [0.2, 0.25) is 0 Å². The summed E-state index contributed by atoms with van der Waals surface area (Å²) in [5.74, 6) is -1.10. The van der Waals surface area contributed by atoms with Crippen molar-refractivity contribution < 1.29 is 19.1 Å². The Kier molecular flexibility index (Phi) is 6.49. The van der Waals surface area contributed by atoms with Crippen LogP contribution >= 0.6 is 0 Å². The zero-order valence-electron chi connectivity index (χ0n) is 15.0. The van der Waals surface area contributed by atoms with E-state index in [1.54, 1.807) is 30.3 Å². The Morgan fingerprint density at radius 3 is 2.31 bits per heavy atom. The maximum Gasteiger partial charge on any atom is 0.338 e. The van der Waals surface area contributed by atoms with Crippen molar-refractivity contribution in [2.24, 2.45) is 0 Å². The number of benzene rings is 2. The van der Waals surface area contributed by atoms with Gasteiger partial charge in [0.25, 0.3) is 5.91 Å². The highest BCUT2D eigenvalue weighted by atomic mass is 16.5. The minimum absolute atomic E-state index is 0.123. The average Bonchev–Trinajstić information content (AvgIpc) is 2.62. The van der Waals surface area contributed by atoms with Crippen LogP contribution in [0, 0.1) is 6.92 Å². The van der Waals surface area contributed by atoms with E-state index in [0.717, 1.165) is 11.1 Å². The minimum atomic E-state index is -0.929. The second-order valence-electron chi connectivity index (χ2n) is 5.96. The molecule has 0 saturated heterocycles. The van der Waals surface area contributed by atoms with Crippen LogP contribution in [0.3, 0.4) is 0 Å². The Hall–Kier alpha value is -3.15. The topological polar surface area (TPSA) is 84.5 Å². The van der Waals surface area contributed by atoms with Gasteiger partial charge in [-0.3, -0.25) is 9.59 Å². The van der Waals surface area contributed by atoms with E-state index in [1.807, 2.05) is 25.1 Å². The fourth-order valence-electron chi connectivity index (χ4n) is 2.21. The van der Waals surface area contributed by atoms with Crippen LogP contribution in [0.5, 0.6) is 0 Å². The summed E-state index contributed by atoms with van der Waals surface area (Å²) >= 11 is 0. The zero-order valence-corrected chi connectivity index (χ0v) is 15.0. The van der Waals surface area contributed by atoms with Gasteiger partial charge in [-0.05, 0) is 43.2 Å². The average molecular weight is 354 g/mol. The van der Waals surface area contributed by atoms with E-state index in [4.69, 9.17) is 4.74 Å². The molecule has 136 valence electrons. The van der Waals surface area contributed by atoms with E-state index in [1.165, 1.54) is 13.8 Å². The molecular weight excluding hydrogens is 332 g/mol. The van der Waals surface area contributed by atoms with Crippen molar-refractivity contribution in [1.29, 1.82) is 0 Å². The summed E-state index contributed by atoms with van der Waals surface area (Å²) in [6.07, 6.45) is -0.929. The fraction of sp³-hybridized carbons (Fsp3) is 0.250. The van der Waals surface area contributed by atoms with E-state index in [-0.39, 0.29) is 5.91 Å². The van der Waals surface area contributed by atoms with Crippen LogP contribution in [0.15, 0.2) is 48.5 Å². The normalized spacial score (nSPS) is 11.3. The van der Waals surface area contributed by atoms with Crippen molar-refractivity contribution in [3.63, 3.8) is 0 Å². The molecule has 0 saturated carbocycles. The standard InChI is InChI=1S/C20H22N2O4/c1-13-6-4-5-7-18(13)22-19(24)14(2)26-20(25)17-10-8-16(9-11-17)12-21-15(3)23/h4-11,14H,12H2,1-3H3,(H,21,23)(H,22,24). The lowest BCUT2D eigenvalue weighted by molar-refractivity contribution is -0.123. The monoisotopic (exact) mass is 354 g/mol. The third-order valence-corrected chi connectivity index (χ3v) is 3.79. The van der Waals surface area contributed by atoms with E-state index in [2.05, 4.69) is 10.6 Å².